The Kier molecular flexibility index (Phi) is 8.92. The van der Waals surface area contributed by atoms with E-state index in [4.69, 9.17) is 9.84 Å². The van der Waals surface area contributed by atoms with Crippen LogP contribution in [0.4, 0.5) is 0 Å². The molecule has 0 spiro atoms. The summed E-state index contributed by atoms with van der Waals surface area (Å²) in [7, 11) is 1.00. The van der Waals surface area contributed by atoms with Crippen molar-refractivity contribution in [3.05, 3.63) is 48.5 Å². The topological polar surface area (TPSA) is 46.5 Å². The quantitative estimate of drug-likeness (QED) is 0.858. The van der Waals surface area contributed by atoms with Crippen LogP contribution in [0.1, 0.15) is 39.0 Å². The predicted octanol–water partition coefficient (Wildman–Crippen LogP) is 4.33. The molecule has 0 bridgehead atoms. The zero-order valence-electron chi connectivity index (χ0n) is 13.5. The smallest absolute Gasteiger partial charge is 0.306 e. The van der Waals surface area contributed by atoms with Crippen LogP contribution < -0.4 is 0 Å². The Labute approximate surface area is 132 Å². The Bertz CT molecular complexity index is 486. The predicted molar refractivity (Wildman–Crippen MR) is 90.7 cm³/mol. The maximum atomic E-state index is 10.6. The van der Waals surface area contributed by atoms with Crippen molar-refractivity contribution in [2.45, 2.75) is 45.1 Å². The van der Waals surface area contributed by atoms with E-state index in [0.717, 1.165) is 20.0 Å². The highest BCUT2D eigenvalue weighted by Crippen LogP contribution is 2.18. The average Bonchev–Trinajstić information content (AvgIpc) is 3.01. The number of hydrogen-bond acceptors (Lipinski definition) is 3. The molecule has 1 aliphatic rings. The van der Waals surface area contributed by atoms with Gasteiger partial charge in [-0.3, -0.25) is 4.79 Å². The summed E-state index contributed by atoms with van der Waals surface area (Å²) in [5.41, 5.74) is 0. The molecule has 1 heterocycles. The second-order valence-electron chi connectivity index (χ2n) is 5.14. The minimum Gasteiger partial charge on any atom is -0.462 e. The van der Waals surface area contributed by atoms with Gasteiger partial charge in [-0.2, -0.15) is 0 Å². The molecule has 1 unspecified atom stereocenters. The monoisotopic (exact) mass is 302 g/mol. The van der Waals surface area contributed by atoms with E-state index in [0.29, 0.717) is 6.42 Å². The molecule has 0 aliphatic carbocycles. The van der Waals surface area contributed by atoms with Gasteiger partial charge in [0.25, 0.3) is 0 Å². The molecule has 3 nitrogen and oxygen atoms in total. The van der Waals surface area contributed by atoms with Crippen LogP contribution in [0.3, 0.4) is 0 Å². The van der Waals surface area contributed by atoms with Crippen LogP contribution in [0, 0.1) is 0 Å². The number of esters is 1. The normalized spacial score (nSPS) is 16.1. The minimum absolute atomic E-state index is 0.0129. The summed E-state index contributed by atoms with van der Waals surface area (Å²) in [5.74, 6) is -0.0129. The van der Waals surface area contributed by atoms with E-state index in [2.05, 4.69) is 55.5 Å². The van der Waals surface area contributed by atoms with E-state index in [1.165, 1.54) is 23.6 Å². The number of benzene rings is 2. The van der Waals surface area contributed by atoms with Crippen LogP contribution in [-0.4, -0.2) is 24.3 Å². The first kappa shape index (κ1) is 18.2. The summed E-state index contributed by atoms with van der Waals surface area (Å²) in [6.07, 6.45) is 5.24. The number of carbonyl (C=O) groups is 1. The van der Waals surface area contributed by atoms with Gasteiger partial charge in [0.05, 0.1) is 0 Å². The maximum absolute atomic E-state index is 10.6. The summed E-state index contributed by atoms with van der Waals surface area (Å²) >= 11 is 0. The summed E-state index contributed by atoms with van der Waals surface area (Å²) < 4.78 is 5.02. The van der Waals surface area contributed by atoms with E-state index in [9.17, 15) is 4.79 Å². The number of rotatable bonds is 3. The zero-order valence-corrected chi connectivity index (χ0v) is 13.5. The summed E-state index contributed by atoms with van der Waals surface area (Å²) in [4.78, 5) is 10.6. The molecule has 3 rings (SSSR count). The molecular weight excluding hydrogens is 276 g/mol. The van der Waals surface area contributed by atoms with Crippen LogP contribution in [0.25, 0.3) is 10.8 Å². The molecule has 120 valence electrons. The van der Waals surface area contributed by atoms with Gasteiger partial charge >= 0.3 is 5.97 Å². The molecule has 1 fully saturated rings. The first-order valence-electron chi connectivity index (χ1n) is 7.87. The lowest BCUT2D eigenvalue weighted by atomic mass is 10.1. The van der Waals surface area contributed by atoms with Crippen molar-refractivity contribution in [3.8, 4) is 0 Å². The van der Waals surface area contributed by atoms with E-state index < -0.39 is 0 Å². The molecule has 0 amide bonds. The molecule has 3 heteroatoms. The van der Waals surface area contributed by atoms with E-state index in [1.54, 1.807) is 0 Å². The van der Waals surface area contributed by atoms with Crippen LogP contribution in [0.15, 0.2) is 48.5 Å². The minimum atomic E-state index is -0.0129. The number of fused-ring (bicyclic) bond motifs is 1. The van der Waals surface area contributed by atoms with Crippen LogP contribution in [-0.2, 0) is 9.53 Å². The zero-order chi connectivity index (χ0) is 16.2. The number of hydrogen-bond donors (Lipinski definition) is 1. The molecule has 22 heavy (non-hydrogen) atoms. The molecule has 1 N–H and O–H groups in total. The first-order valence-corrected chi connectivity index (χ1v) is 7.87. The van der Waals surface area contributed by atoms with Gasteiger partial charge in [-0.05, 0) is 23.6 Å². The van der Waals surface area contributed by atoms with Crippen LogP contribution in [0.5, 0.6) is 0 Å². The maximum Gasteiger partial charge on any atom is 0.306 e. The van der Waals surface area contributed by atoms with Gasteiger partial charge in [0.2, 0.25) is 0 Å². The van der Waals surface area contributed by atoms with Crippen LogP contribution >= 0.6 is 0 Å². The first-order chi connectivity index (χ1) is 10.8. The Hall–Kier alpha value is -1.87. The SMILES string of the molecule is CCCCC1CCC(=O)O1.CO.c1ccc2ccccc2c1. The molecule has 2 aromatic carbocycles. The van der Waals surface area contributed by atoms with Crippen molar-refractivity contribution in [3.63, 3.8) is 0 Å². The van der Waals surface area contributed by atoms with E-state index in [-0.39, 0.29) is 12.1 Å². The molecule has 0 aromatic heterocycles. The van der Waals surface area contributed by atoms with E-state index >= 15 is 0 Å². The fraction of sp³-hybridized carbons (Fsp3) is 0.421. The van der Waals surface area contributed by atoms with Gasteiger partial charge in [-0.25, -0.2) is 0 Å². The van der Waals surface area contributed by atoms with Crippen molar-refractivity contribution in [1.82, 2.24) is 0 Å². The number of carbonyl (C=O) groups excluding carboxylic acids is 1. The molecule has 1 atom stereocenters. The fourth-order valence-electron chi connectivity index (χ4n) is 2.35. The van der Waals surface area contributed by atoms with E-state index in [1.807, 2.05) is 0 Å². The third-order valence-electron chi connectivity index (χ3n) is 3.51. The summed E-state index contributed by atoms with van der Waals surface area (Å²) in [5, 5.41) is 9.62. The second-order valence-corrected chi connectivity index (χ2v) is 5.14. The summed E-state index contributed by atoms with van der Waals surface area (Å²) in [6, 6.07) is 16.7. The molecule has 0 radical (unpaired) electrons. The third kappa shape index (κ3) is 6.27. The summed E-state index contributed by atoms with van der Waals surface area (Å²) in [6.45, 7) is 2.15. The van der Waals surface area contributed by atoms with Gasteiger partial charge in [0, 0.05) is 13.5 Å². The number of ether oxygens (including phenoxy) is 1. The number of aliphatic hydroxyl groups is 1. The fourth-order valence-corrected chi connectivity index (χ4v) is 2.35. The van der Waals surface area contributed by atoms with Gasteiger partial charge in [-0.1, -0.05) is 68.3 Å². The highest BCUT2D eigenvalue weighted by Gasteiger charge is 2.21. The standard InChI is InChI=1S/C10H8.C8H14O2.CH4O/c1-2-6-10-8-4-3-7-9(10)5-1;1-2-3-4-7-5-6-8(9)10-7;1-2/h1-8H;7H,2-6H2,1H3;2H,1H3. The Morgan fingerprint density at radius 3 is 1.91 bits per heavy atom. The van der Waals surface area contributed by atoms with Crippen LogP contribution in [0.2, 0.25) is 0 Å². The lowest BCUT2D eigenvalue weighted by Gasteiger charge is -2.06. The molecular formula is C19H26O3. The Morgan fingerprint density at radius 1 is 1.05 bits per heavy atom. The van der Waals surface area contributed by atoms with Crippen molar-refractivity contribution in [2.75, 3.05) is 7.11 Å². The van der Waals surface area contributed by atoms with Gasteiger partial charge in [0.1, 0.15) is 6.10 Å². The van der Waals surface area contributed by atoms with Crippen molar-refractivity contribution >= 4 is 16.7 Å². The van der Waals surface area contributed by atoms with Crippen molar-refractivity contribution in [2.24, 2.45) is 0 Å². The highest BCUT2D eigenvalue weighted by molar-refractivity contribution is 5.82. The van der Waals surface area contributed by atoms with Gasteiger partial charge in [0.15, 0.2) is 0 Å². The Morgan fingerprint density at radius 2 is 1.55 bits per heavy atom. The number of cyclic esters (lactones) is 1. The lowest BCUT2D eigenvalue weighted by Crippen LogP contribution is -2.05. The van der Waals surface area contributed by atoms with Crippen molar-refractivity contribution < 1.29 is 14.6 Å². The lowest BCUT2D eigenvalue weighted by molar-refractivity contribution is -0.141. The largest absolute Gasteiger partial charge is 0.462 e. The third-order valence-corrected chi connectivity index (χ3v) is 3.51. The molecule has 1 saturated heterocycles. The van der Waals surface area contributed by atoms with Gasteiger partial charge in [-0.15, -0.1) is 0 Å². The highest BCUT2D eigenvalue weighted by atomic mass is 16.5. The van der Waals surface area contributed by atoms with Gasteiger partial charge < -0.3 is 9.84 Å². The number of unbranched alkanes of at least 4 members (excludes halogenated alkanes) is 1. The average molecular weight is 302 g/mol. The molecule has 0 saturated carbocycles. The molecule has 1 aliphatic heterocycles. The Balaban J connectivity index is 0.000000198. The number of aliphatic hydroxyl groups excluding tert-OH is 1. The molecule has 2 aromatic rings. The van der Waals surface area contributed by atoms with Crippen molar-refractivity contribution in [1.29, 1.82) is 0 Å². The second kappa shape index (κ2) is 10.8.